The Bertz CT molecular complexity index is 794. The summed E-state index contributed by atoms with van der Waals surface area (Å²) in [7, 11) is 5.63. The van der Waals surface area contributed by atoms with Gasteiger partial charge in [0.05, 0.1) is 0 Å². The van der Waals surface area contributed by atoms with E-state index in [1.54, 1.807) is 16.3 Å². The number of rotatable bonds is 6. The summed E-state index contributed by atoms with van der Waals surface area (Å²) in [5.74, 6) is 0.815. The second kappa shape index (κ2) is 6.93. The summed E-state index contributed by atoms with van der Waals surface area (Å²) in [5.41, 5.74) is 4.09. The number of anilines is 2. The van der Waals surface area contributed by atoms with Crippen LogP contribution >= 0.6 is 11.8 Å². The number of hydrogen-bond donors (Lipinski definition) is 1. The molecule has 128 valence electrons. The van der Waals surface area contributed by atoms with Crippen molar-refractivity contribution in [2.75, 3.05) is 37.1 Å². The molecule has 1 fully saturated rings. The minimum absolute atomic E-state index is 0.0252. The molecule has 1 saturated carbocycles. The van der Waals surface area contributed by atoms with Gasteiger partial charge in [-0.05, 0) is 49.3 Å². The van der Waals surface area contributed by atoms with Gasteiger partial charge in [0.2, 0.25) is 0 Å². The molecule has 0 radical (unpaired) electrons. The third kappa shape index (κ3) is 3.61. The van der Waals surface area contributed by atoms with Crippen molar-refractivity contribution < 1.29 is 0 Å². The van der Waals surface area contributed by atoms with E-state index >= 15 is 0 Å². The zero-order chi connectivity index (χ0) is 17.3. The van der Waals surface area contributed by atoms with Crippen molar-refractivity contribution in [1.29, 1.82) is 0 Å². The van der Waals surface area contributed by atoms with Gasteiger partial charge in [0.15, 0.2) is 0 Å². The van der Waals surface area contributed by atoms with Crippen molar-refractivity contribution in [3.05, 3.63) is 40.8 Å². The zero-order valence-corrected chi connectivity index (χ0v) is 15.6. The first-order chi connectivity index (χ1) is 11.5. The number of pyridine rings is 1. The van der Waals surface area contributed by atoms with E-state index in [-0.39, 0.29) is 5.56 Å². The fourth-order valence-electron chi connectivity index (χ4n) is 2.78. The van der Waals surface area contributed by atoms with Gasteiger partial charge in [-0.25, -0.2) is 0 Å². The molecule has 3 rings (SSSR count). The molecular formula is C19H25N3OS. The van der Waals surface area contributed by atoms with Crippen LogP contribution in [0.1, 0.15) is 12.8 Å². The fourth-order valence-corrected chi connectivity index (χ4v) is 3.22. The van der Waals surface area contributed by atoms with Crippen LogP contribution in [0.15, 0.2) is 40.2 Å². The van der Waals surface area contributed by atoms with E-state index < -0.39 is 0 Å². The van der Waals surface area contributed by atoms with Gasteiger partial charge in [-0.3, -0.25) is 4.79 Å². The Morgan fingerprint density at radius 2 is 2.04 bits per heavy atom. The normalized spacial score (nSPS) is 13.8. The molecule has 1 heterocycles. The lowest BCUT2D eigenvalue weighted by atomic mass is 10.0. The molecule has 1 aliphatic rings. The van der Waals surface area contributed by atoms with E-state index in [0.717, 1.165) is 29.3 Å². The van der Waals surface area contributed by atoms with Gasteiger partial charge in [0.1, 0.15) is 5.69 Å². The predicted molar refractivity (Wildman–Crippen MR) is 104 cm³/mol. The average molecular weight is 343 g/mol. The molecule has 0 unspecified atom stereocenters. The van der Waals surface area contributed by atoms with Crippen molar-refractivity contribution in [3.63, 3.8) is 0 Å². The van der Waals surface area contributed by atoms with Crippen LogP contribution in [0.4, 0.5) is 11.4 Å². The number of thioether (sulfide) groups is 1. The Balaban J connectivity index is 2.07. The molecule has 4 nitrogen and oxygen atoms in total. The molecule has 0 saturated heterocycles. The maximum Gasteiger partial charge on any atom is 0.273 e. The summed E-state index contributed by atoms with van der Waals surface area (Å²) in [4.78, 5) is 15.4. The summed E-state index contributed by atoms with van der Waals surface area (Å²) in [6.07, 6.45) is 6.67. The number of nitrogens with zero attached hydrogens (tertiary/aromatic N) is 2. The smallest absolute Gasteiger partial charge is 0.273 e. The van der Waals surface area contributed by atoms with Crippen molar-refractivity contribution in [1.82, 2.24) is 4.57 Å². The molecular weight excluding hydrogens is 318 g/mol. The molecule has 0 amide bonds. The third-order valence-electron chi connectivity index (χ3n) is 4.46. The first kappa shape index (κ1) is 17.0. The van der Waals surface area contributed by atoms with E-state index in [2.05, 4.69) is 29.8 Å². The molecule has 2 aromatic rings. The highest BCUT2D eigenvalue weighted by atomic mass is 32.2. The molecule has 1 aromatic heterocycles. The van der Waals surface area contributed by atoms with Gasteiger partial charge in [-0.1, -0.05) is 0 Å². The maximum atomic E-state index is 12.3. The second-order valence-corrected chi connectivity index (χ2v) is 7.54. The fraction of sp³-hybridized carbons (Fsp3) is 0.421. The summed E-state index contributed by atoms with van der Waals surface area (Å²) in [6, 6.07) is 8.51. The van der Waals surface area contributed by atoms with Crippen molar-refractivity contribution in [2.45, 2.75) is 17.7 Å². The molecule has 5 heteroatoms. The standard InChI is InChI=1S/C19H25N3OS/c1-21(2)18-9-14(12-22(3)19(18)23)16-10-15(24-4)7-8-17(16)20-11-13-5-6-13/h7-10,12-13,20H,5-6,11H2,1-4H3. The molecule has 0 aliphatic heterocycles. The monoisotopic (exact) mass is 343 g/mol. The molecule has 0 spiro atoms. The van der Waals surface area contributed by atoms with Gasteiger partial charge < -0.3 is 14.8 Å². The Morgan fingerprint density at radius 1 is 1.29 bits per heavy atom. The number of hydrogen-bond acceptors (Lipinski definition) is 4. The number of nitrogens with one attached hydrogen (secondary N) is 1. The third-order valence-corrected chi connectivity index (χ3v) is 5.19. The molecule has 24 heavy (non-hydrogen) atoms. The van der Waals surface area contributed by atoms with Gasteiger partial charge in [0, 0.05) is 55.6 Å². The summed E-state index contributed by atoms with van der Waals surface area (Å²) >= 11 is 1.73. The van der Waals surface area contributed by atoms with Crippen LogP contribution in [-0.4, -0.2) is 31.5 Å². The van der Waals surface area contributed by atoms with Crippen LogP contribution in [0.2, 0.25) is 0 Å². The summed E-state index contributed by atoms with van der Waals surface area (Å²) in [6.45, 7) is 1.03. The van der Waals surface area contributed by atoms with Crippen LogP contribution in [0.3, 0.4) is 0 Å². The van der Waals surface area contributed by atoms with E-state index in [1.807, 2.05) is 38.3 Å². The SMILES string of the molecule is CSc1ccc(NCC2CC2)c(-c2cc(N(C)C)c(=O)n(C)c2)c1. The van der Waals surface area contributed by atoms with Crippen LogP contribution in [0.25, 0.3) is 11.1 Å². The first-order valence-corrected chi connectivity index (χ1v) is 9.52. The number of aromatic nitrogens is 1. The summed E-state index contributed by atoms with van der Waals surface area (Å²) < 4.78 is 1.67. The van der Waals surface area contributed by atoms with Crippen LogP contribution < -0.4 is 15.8 Å². The first-order valence-electron chi connectivity index (χ1n) is 8.30. The Morgan fingerprint density at radius 3 is 2.67 bits per heavy atom. The Labute approximate surface area is 147 Å². The van der Waals surface area contributed by atoms with E-state index in [1.165, 1.54) is 17.7 Å². The largest absolute Gasteiger partial charge is 0.384 e. The van der Waals surface area contributed by atoms with E-state index in [9.17, 15) is 4.79 Å². The lowest BCUT2D eigenvalue weighted by molar-refractivity contribution is 0.853. The number of aryl methyl sites for hydroxylation is 1. The molecule has 1 aromatic carbocycles. The Hall–Kier alpha value is -1.88. The topological polar surface area (TPSA) is 37.3 Å². The minimum Gasteiger partial charge on any atom is -0.384 e. The van der Waals surface area contributed by atoms with E-state index in [4.69, 9.17) is 0 Å². The van der Waals surface area contributed by atoms with Gasteiger partial charge in [-0.2, -0.15) is 0 Å². The number of benzene rings is 1. The lowest BCUT2D eigenvalue weighted by Crippen LogP contribution is -2.25. The van der Waals surface area contributed by atoms with Crippen LogP contribution in [-0.2, 0) is 7.05 Å². The van der Waals surface area contributed by atoms with Gasteiger partial charge >= 0.3 is 0 Å². The predicted octanol–water partition coefficient (Wildman–Crippen LogP) is 3.66. The van der Waals surface area contributed by atoms with E-state index in [0.29, 0.717) is 5.69 Å². The quantitative estimate of drug-likeness (QED) is 0.812. The minimum atomic E-state index is 0.0252. The molecule has 1 aliphatic carbocycles. The molecule has 1 N–H and O–H groups in total. The van der Waals surface area contributed by atoms with Crippen molar-refractivity contribution in [3.8, 4) is 11.1 Å². The highest BCUT2D eigenvalue weighted by Crippen LogP contribution is 2.35. The van der Waals surface area contributed by atoms with Crippen molar-refractivity contribution >= 4 is 23.1 Å². The molecule has 0 atom stereocenters. The van der Waals surface area contributed by atoms with Gasteiger partial charge in [0.25, 0.3) is 5.56 Å². The van der Waals surface area contributed by atoms with Crippen LogP contribution in [0.5, 0.6) is 0 Å². The second-order valence-electron chi connectivity index (χ2n) is 6.66. The molecule has 0 bridgehead atoms. The highest BCUT2D eigenvalue weighted by Gasteiger charge is 2.21. The van der Waals surface area contributed by atoms with Gasteiger partial charge in [-0.15, -0.1) is 11.8 Å². The Kier molecular flexibility index (Phi) is 4.90. The summed E-state index contributed by atoms with van der Waals surface area (Å²) in [5, 5.41) is 3.60. The highest BCUT2D eigenvalue weighted by molar-refractivity contribution is 7.98. The maximum absolute atomic E-state index is 12.3. The van der Waals surface area contributed by atoms with Crippen molar-refractivity contribution in [2.24, 2.45) is 13.0 Å². The lowest BCUT2D eigenvalue weighted by Gasteiger charge is -2.18. The van der Waals surface area contributed by atoms with Crippen LogP contribution in [0, 0.1) is 5.92 Å². The average Bonchev–Trinajstić information content (AvgIpc) is 3.39. The zero-order valence-electron chi connectivity index (χ0n) is 14.8.